The fourth-order valence-corrected chi connectivity index (χ4v) is 2.65. The minimum absolute atomic E-state index is 0.124. The van der Waals surface area contributed by atoms with Crippen LogP contribution in [0, 0.1) is 17.5 Å². The summed E-state index contributed by atoms with van der Waals surface area (Å²) in [4.78, 5) is -0.685. The molecule has 0 spiro atoms. The molecule has 1 N–H and O–H groups in total. The molecule has 3 nitrogen and oxygen atoms in total. The number of halogens is 3. The highest BCUT2D eigenvalue weighted by atomic mass is 32.2. The molecule has 0 heterocycles. The van der Waals surface area contributed by atoms with Crippen molar-refractivity contribution in [3.63, 3.8) is 0 Å². The maximum atomic E-state index is 13.4. The Morgan fingerprint density at radius 3 is 2.30 bits per heavy atom. The van der Waals surface area contributed by atoms with Gasteiger partial charge in [-0.1, -0.05) is 18.2 Å². The topological polar surface area (TPSA) is 46.2 Å². The first-order valence-corrected chi connectivity index (χ1v) is 7.06. The van der Waals surface area contributed by atoms with E-state index in [1.165, 1.54) is 18.2 Å². The van der Waals surface area contributed by atoms with Crippen LogP contribution in [0.1, 0.15) is 5.56 Å². The van der Waals surface area contributed by atoms with Crippen LogP contribution in [0.15, 0.2) is 47.4 Å². The van der Waals surface area contributed by atoms with E-state index in [0.29, 0.717) is 6.07 Å². The van der Waals surface area contributed by atoms with Gasteiger partial charge in [-0.3, -0.25) is 0 Å². The van der Waals surface area contributed by atoms with E-state index >= 15 is 0 Å². The van der Waals surface area contributed by atoms with E-state index in [-0.39, 0.29) is 12.1 Å². The molecule has 7 heteroatoms. The molecule has 0 aliphatic carbocycles. The third kappa shape index (κ3) is 3.17. The molecule has 20 heavy (non-hydrogen) atoms. The lowest BCUT2D eigenvalue weighted by molar-refractivity contribution is 0.541. The zero-order chi connectivity index (χ0) is 14.8. The largest absolute Gasteiger partial charge is 0.243 e. The molecule has 0 saturated heterocycles. The third-order valence-electron chi connectivity index (χ3n) is 2.59. The Kier molecular flexibility index (Phi) is 4.10. The summed E-state index contributed by atoms with van der Waals surface area (Å²) in [5, 5.41) is 0. The molecule has 2 aromatic carbocycles. The number of hydrogen-bond acceptors (Lipinski definition) is 2. The van der Waals surface area contributed by atoms with Crippen LogP contribution >= 0.6 is 0 Å². The summed E-state index contributed by atoms with van der Waals surface area (Å²) in [6, 6.07) is 7.71. The standard InChI is InChI=1S/C13H10F3NO2S/c14-10-5-6-13(12(16)7-10)20(18,19)17-8-9-3-1-2-4-11(9)15/h1-7,17H,8H2. The number of sulfonamides is 1. The molecular weight excluding hydrogens is 291 g/mol. The Balaban J connectivity index is 2.22. The fraction of sp³-hybridized carbons (Fsp3) is 0.0769. The molecule has 0 amide bonds. The van der Waals surface area contributed by atoms with E-state index in [0.717, 1.165) is 12.1 Å². The van der Waals surface area contributed by atoms with Gasteiger partial charge in [0.1, 0.15) is 22.3 Å². The van der Waals surface area contributed by atoms with Crippen molar-refractivity contribution in [2.24, 2.45) is 0 Å². The predicted octanol–water partition coefficient (Wildman–Crippen LogP) is 2.58. The average Bonchev–Trinajstić information content (AvgIpc) is 2.37. The lowest BCUT2D eigenvalue weighted by Gasteiger charge is -2.08. The van der Waals surface area contributed by atoms with Gasteiger partial charge in [0.25, 0.3) is 0 Å². The first-order valence-electron chi connectivity index (χ1n) is 5.58. The molecule has 0 unspecified atom stereocenters. The van der Waals surface area contributed by atoms with Crippen LogP contribution in [0.4, 0.5) is 13.2 Å². The molecule has 2 rings (SSSR count). The molecule has 2 aromatic rings. The normalized spacial score (nSPS) is 11.6. The molecule has 0 aliphatic rings. The van der Waals surface area contributed by atoms with Gasteiger partial charge in [0.15, 0.2) is 0 Å². The van der Waals surface area contributed by atoms with Gasteiger partial charge in [-0.2, -0.15) is 0 Å². The SMILES string of the molecule is O=S(=O)(NCc1ccccc1F)c1ccc(F)cc1F. The van der Waals surface area contributed by atoms with Gasteiger partial charge >= 0.3 is 0 Å². The summed E-state index contributed by atoms with van der Waals surface area (Å²) in [5.74, 6) is -2.66. The van der Waals surface area contributed by atoms with E-state index in [1.54, 1.807) is 6.07 Å². The van der Waals surface area contributed by atoms with E-state index in [4.69, 9.17) is 0 Å². The summed E-state index contributed by atoms with van der Waals surface area (Å²) in [7, 11) is -4.18. The average molecular weight is 301 g/mol. The van der Waals surface area contributed by atoms with Gasteiger partial charge in [-0.05, 0) is 18.2 Å². The number of rotatable bonds is 4. The smallest absolute Gasteiger partial charge is 0.207 e. The monoisotopic (exact) mass is 301 g/mol. The number of benzene rings is 2. The molecule has 0 saturated carbocycles. The van der Waals surface area contributed by atoms with E-state index in [1.807, 2.05) is 0 Å². The first kappa shape index (κ1) is 14.5. The van der Waals surface area contributed by atoms with Gasteiger partial charge in [-0.15, -0.1) is 0 Å². The van der Waals surface area contributed by atoms with Crippen LogP contribution in [-0.2, 0) is 16.6 Å². The molecule has 0 fully saturated rings. The molecule has 0 aliphatic heterocycles. The summed E-state index contributed by atoms with van der Waals surface area (Å²) < 4.78 is 65.3. The molecule has 106 valence electrons. The van der Waals surface area contributed by atoms with Gasteiger partial charge in [0.2, 0.25) is 10.0 Å². The predicted molar refractivity (Wildman–Crippen MR) is 66.8 cm³/mol. The zero-order valence-electron chi connectivity index (χ0n) is 10.1. The van der Waals surface area contributed by atoms with Crippen molar-refractivity contribution < 1.29 is 21.6 Å². The Bertz CT molecular complexity index is 732. The van der Waals surface area contributed by atoms with Crippen LogP contribution in [0.2, 0.25) is 0 Å². The Labute approximate surface area is 114 Å². The van der Waals surface area contributed by atoms with Crippen LogP contribution in [0.25, 0.3) is 0 Å². The second-order valence-corrected chi connectivity index (χ2v) is 5.73. The van der Waals surface area contributed by atoms with Gasteiger partial charge in [-0.25, -0.2) is 26.3 Å². The van der Waals surface area contributed by atoms with Crippen molar-refractivity contribution in [2.75, 3.05) is 0 Å². The highest BCUT2D eigenvalue weighted by molar-refractivity contribution is 7.89. The number of hydrogen-bond donors (Lipinski definition) is 1. The van der Waals surface area contributed by atoms with Crippen molar-refractivity contribution in [2.45, 2.75) is 11.4 Å². The second kappa shape index (κ2) is 5.64. The Morgan fingerprint density at radius 1 is 0.950 bits per heavy atom. The molecule has 0 radical (unpaired) electrons. The Morgan fingerprint density at radius 2 is 1.65 bits per heavy atom. The highest BCUT2D eigenvalue weighted by Gasteiger charge is 2.19. The minimum atomic E-state index is -4.18. The van der Waals surface area contributed by atoms with Crippen molar-refractivity contribution >= 4 is 10.0 Å². The van der Waals surface area contributed by atoms with Crippen molar-refractivity contribution in [3.8, 4) is 0 Å². The summed E-state index contributed by atoms with van der Waals surface area (Å²) in [6.45, 7) is -0.328. The lowest BCUT2D eigenvalue weighted by Crippen LogP contribution is -2.24. The molecular formula is C13H10F3NO2S. The fourth-order valence-electron chi connectivity index (χ4n) is 1.59. The van der Waals surface area contributed by atoms with E-state index < -0.39 is 32.4 Å². The third-order valence-corrected chi connectivity index (χ3v) is 4.03. The summed E-state index contributed by atoms with van der Waals surface area (Å²) in [6.07, 6.45) is 0. The van der Waals surface area contributed by atoms with E-state index in [9.17, 15) is 21.6 Å². The van der Waals surface area contributed by atoms with Crippen molar-refractivity contribution in [3.05, 3.63) is 65.5 Å². The quantitative estimate of drug-likeness (QED) is 0.943. The maximum absolute atomic E-state index is 13.4. The van der Waals surface area contributed by atoms with Gasteiger partial charge in [0.05, 0.1) is 0 Å². The van der Waals surface area contributed by atoms with Gasteiger partial charge in [0, 0.05) is 18.2 Å². The summed E-state index contributed by atoms with van der Waals surface area (Å²) >= 11 is 0. The van der Waals surface area contributed by atoms with Crippen LogP contribution in [-0.4, -0.2) is 8.42 Å². The van der Waals surface area contributed by atoms with Gasteiger partial charge < -0.3 is 0 Å². The summed E-state index contributed by atoms with van der Waals surface area (Å²) in [5.41, 5.74) is 0.124. The highest BCUT2D eigenvalue weighted by Crippen LogP contribution is 2.16. The minimum Gasteiger partial charge on any atom is -0.207 e. The lowest BCUT2D eigenvalue weighted by atomic mass is 10.2. The number of nitrogens with one attached hydrogen (secondary N) is 1. The Hall–Kier alpha value is -1.86. The maximum Gasteiger partial charge on any atom is 0.243 e. The molecule has 0 atom stereocenters. The van der Waals surface area contributed by atoms with E-state index in [2.05, 4.69) is 4.72 Å². The zero-order valence-corrected chi connectivity index (χ0v) is 10.9. The molecule has 0 bridgehead atoms. The van der Waals surface area contributed by atoms with Crippen LogP contribution < -0.4 is 4.72 Å². The van der Waals surface area contributed by atoms with Crippen LogP contribution in [0.3, 0.4) is 0 Å². The molecule has 0 aromatic heterocycles. The first-order chi connectivity index (χ1) is 9.40. The van der Waals surface area contributed by atoms with Crippen molar-refractivity contribution in [1.82, 2.24) is 4.72 Å². The van der Waals surface area contributed by atoms with Crippen LogP contribution in [0.5, 0.6) is 0 Å². The second-order valence-electron chi connectivity index (χ2n) is 3.99. The van der Waals surface area contributed by atoms with Crippen molar-refractivity contribution in [1.29, 1.82) is 0 Å².